The minimum Gasteiger partial charge on any atom is -0.392 e. The smallest absolute Gasteiger partial charge is 0.0755 e. The van der Waals surface area contributed by atoms with Gasteiger partial charge < -0.3 is 14.7 Å². The summed E-state index contributed by atoms with van der Waals surface area (Å²) in [7, 11) is 0. The van der Waals surface area contributed by atoms with Crippen LogP contribution in [0.1, 0.15) is 18.4 Å². The van der Waals surface area contributed by atoms with Gasteiger partial charge in [-0.05, 0) is 18.9 Å². The molecule has 0 aliphatic carbocycles. The van der Waals surface area contributed by atoms with E-state index in [0.29, 0.717) is 12.2 Å². The zero-order chi connectivity index (χ0) is 11.0. The summed E-state index contributed by atoms with van der Waals surface area (Å²) in [6.45, 7) is 2.05. The molecular weight excluding hydrogens is 202 g/mol. The van der Waals surface area contributed by atoms with Crippen molar-refractivity contribution < 1.29 is 9.84 Å². The van der Waals surface area contributed by atoms with Crippen LogP contribution in [0.4, 0.5) is 5.69 Å². The summed E-state index contributed by atoms with van der Waals surface area (Å²) < 4.78 is 5.82. The minimum absolute atomic E-state index is 0.114. The minimum atomic E-state index is 0.114. The maximum atomic E-state index is 9.34. The van der Waals surface area contributed by atoms with E-state index < -0.39 is 0 Å². The van der Waals surface area contributed by atoms with Crippen molar-refractivity contribution in [3.63, 3.8) is 0 Å². The Morgan fingerprint density at radius 1 is 1.19 bits per heavy atom. The first-order valence-electron chi connectivity index (χ1n) is 5.96. The van der Waals surface area contributed by atoms with Gasteiger partial charge in [0.1, 0.15) is 0 Å². The van der Waals surface area contributed by atoms with Crippen LogP contribution < -0.4 is 4.90 Å². The van der Waals surface area contributed by atoms with Crippen molar-refractivity contribution >= 4 is 5.69 Å². The van der Waals surface area contributed by atoms with E-state index >= 15 is 0 Å². The molecule has 2 heterocycles. The highest BCUT2D eigenvalue weighted by Gasteiger charge is 2.34. The van der Waals surface area contributed by atoms with Crippen LogP contribution in [-0.2, 0) is 11.3 Å². The van der Waals surface area contributed by atoms with Crippen LogP contribution >= 0.6 is 0 Å². The molecule has 2 unspecified atom stereocenters. The van der Waals surface area contributed by atoms with Crippen molar-refractivity contribution in [1.82, 2.24) is 0 Å². The molecule has 2 bridgehead atoms. The fourth-order valence-electron chi connectivity index (χ4n) is 2.76. The SMILES string of the molecule is OCc1ccccc1N1CC2CCC(C1)O2. The highest BCUT2D eigenvalue weighted by molar-refractivity contribution is 5.54. The molecule has 16 heavy (non-hydrogen) atoms. The summed E-state index contributed by atoms with van der Waals surface area (Å²) >= 11 is 0. The van der Waals surface area contributed by atoms with E-state index in [9.17, 15) is 5.11 Å². The monoisotopic (exact) mass is 219 g/mol. The topological polar surface area (TPSA) is 32.7 Å². The standard InChI is InChI=1S/C13H17NO2/c15-9-10-3-1-2-4-13(10)14-7-11-5-6-12(8-14)16-11/h1-4,11-12,15H,5-9H2. The van der Waals surface area contributed by atoms with Crippen molar-refractivity contribution in [2.75, 3.05) is 18.0 Å². The van der Waals surface area contributed by atoms with E-state index in [-0.39, 0.29) is 6.61 Å². The van der Waals surface area contributed by atoms with E-state index in [1.807, 2.05) is 18.2 Å². The Kier molecular flexibility index (Phi) is 2.58. The molecule has 2 aliphatic rings. The number of aliphatic hydroxyl groups is 1. The third-order valence-electron chi connectivity index (χ3n) is 3.55. The zero-order valence-electron chi connectivity index (χ0n) is 9.30. The molecule has 0 saturated carbocycles. The Labute approximate surface area is 95.6 Å². The largest absolute Gasteiger partial charge is 0.392 e. The lowest BCUT2D eigenvalue weighted by molar-refractivity contribution is 0.0303. The van der Waals surface area contributed by atoms with Gasteiger partial charge in [0.15, 0.2) is 0 Å². The summed E-state index contributed by atoms with van der Waals surface area (Å²) in [5.74, 6) is 0. The normalized spacial score (nSPS) is 28.4. The van der Waals surface area contributed by atoms with Crippen molar-refractivity contribution in [1.29, 1.82) is 0 Å². The van der Waals surface area contributed by atoms with Crippen molar-refractivity contribution in [3.05, 3.63) is 29.8 Å². The Balaban J connectivity index is 1.86. The van der Waals surface area contributed by atoms with Crippen molar-refractivity contribution in [3.8, 4) is 0 Å². The van der Waals surface area contributed by atoms with Gasteiger partial charge in [-0.1, -0.05) is 18.2 Å². The van der Waals surface area contributed by atoms with Crippen LogP contribution in [0.5, 0.6) is 0 Å². The third-order valence-corrected chi connectivity index (χ3v) is 3.55. The molecule has 1 aromatic rings. The number of rotatable bonds is 2. The quantitative estimate of drug-likeness (QED) is 0.819. The lowest BCUT2D eigenvalue weighted by atomic mass is 10.1. The molecule has 2 aliphatic heterocycles. The first-order valence-corrected chi connectivity index (χ1v) is 5.96. The number of hydrogen-bond acceptors (Lipinski definition) is 3. The number of anilines is 1. The first-order chi connectivity index (χ1) is 7.86. The van der Waals surface area contributed by atoms with E-state index in [1.165, 1.54) is 18.5 Å². The number of aliphatic hydroxyl groups excluding tert-OH is 1. The Hall–Kier alpha value is -1.06. The lowest BCUT2D eigenvalue weighted by Crippen LogP contribution is -2.43. The molecule has 2 saturated heterocycles. The summed E-state index contributed by atoms with van der Waals surface area (Å²) in [5.41, 5.74) is 2.19. The molecule has 3 rings (SSSR count). The van der Waals surface area contributed by atoms with Gasteiger partial charge in [-0.15, -0.1) is 0 Å². The van der Waals surface area contributed by atoms with E-state index in [2.05, 4.69) is 11.0 Å². The Bertz CT molecular complexity index is 368. The molecule has 2 fully saturated rings. The van der Waals surface area contributed by atoms with Crippen LogP contribution in [0, 0.1) is 0 Å². The number of para-hydroxylation sites is 1. The highest BCUT2D eigenvalue weighted by atomic mass is 16.5. The third kappa shape index (κ3) is 1.70. The van der Waals surface area contributed by atoms with Crippen molar-refractivity contribution in [2.45, 2.75) is 31.7 Å². The van der Waals surface area contributed by atoms with Gasteiger partial charge in [0, 0.05) is 24.3 Å². The van der Waals surface area contributed by atoms with Gasteiger partial charge in [-0.3, -0.25) is 0 Å². The maximum absolute atomic E-state index is 9.34. The van der Waals surface area contributed by atoms with Gasteiger partial charge in [0.2, 0.25) is 0 Å². The molecule has 1 aromatic carbocycles. The van der Waals surface area contributed by atoms with Crippen LogP contribution in [-0.4, -0.2) is 30.4 Å². The van der Waals surface area contributed by atoms with Gasteiger partial charge in [-0.25, -0.2) is 0 Å². The van der Waals surface area contributed by atoms with Gasteiger partial charge >= 0.3 is 0 Å². The number of fused-ring (bicyclic) bond motifs is 2. The molecule has 2 atom stereocenters. The van der Waals surface area contributed by atoms with Crippen LogP contribution in [0.3, 0.4) is 0 Å². The maximum Gasteiger partial charge on any atom is 0.0755 e. The average molecular weight is 219 g/mol. The van der Waals surface area contributed by atoms with Crippen LogP contribution in [0.25, 0.3) is 0 Å². The summed E-state index contributed by atoms with van der Waals surface area (Å²) in [5, 5.41) is 9.34. The van der Waals surface area contributed by atoms with Gasteiger partial charge in [0.25, 0.3) is 0 Å². The molecular formula is C13H17NO2. The fourth-order valence-corrected chi connectivity index (χ4v) is 2.76. The van der Waals surface area contributed by atoms with Gasteiger partial charge in [0.05, 0.1) is 18.8 Å². The summed E-state index contributed by atoms with van der Waals surface area (Å²) in [4.78, 5) is 2.36. The number of benzene rings is 1. The molecule has 0 aromatic heterocycles. The molecule has 0 amide bonds. The van der Waals surface area contributed by atoms with Crippen LogP contribution in [0.2, 0.25) is 0 Å². The van der Waals surface area contributed by atoms with E-state index in [4.69, 9.17) is 4.74 Å². The van der Waals surface area contributed by atoms with E-state index in [0.717, 1.165) is 18.7 Å². The summed E-state index contributed by atoms with van der Waals surface area (Å²) in [6, 6.07) is 8.10. The fraction of sp³-hybridized carbons (Fsp3) is 0.538. The van der Waals surface area contributed by atoms with Gasteiger partial charge in [-0.2, -0.15) is 0 Å². The number of ether oxygens (including phenoxy) is 1. The second kappa shape index (κ2) is 4.07. The molecule has 0 spiro atoms. The second-order valence-corrected chi connectivity index (χ2v) is 4.65. The number of morpholine rings is 1. The molecule has 3 nitrogen and oxygen atoms in total. The lowest BCUT2D eigenvalue weighted by Gasteiger charge is -2.34. The van der Waals surface area contributed by atoms with E-state index in [1.54, 1.807) is 0 Å². The van der Waals surface area contributed by atoms with Crippen molar-refractivity contribution in [2.24, 2.45) is 0 Å². The molecule has 0 radical (unpaired) electrons. The first kappa shape index (κ1) is 10.1. The number of hydrogen-bond donors (Lipinski definition) is 1. The highest BCUT2D eigenvalue weighted by Crippen LogP contribution is 2.31. The zero-order valence-corrected chi connectivity index (χ0v) is 9.30. The molecule has 3 heteroatoms. The predicted octanol–water partition coefficient (Wildman–Crippen LogP) is 1.55. The molecule has 1 N–H and O–H groups in total. The predicted molar refractivity (Wildman–Crippen MR) is 62.5 cm³/mol. The molecule has 86 valence electrons. The summed E-state index contributed by atoms with van der Waals surface area (Å²) in [6.07, 6.45) is 3.15. The average Bonchev–Trinajstić information content (AvgIpc) is 2.68. The Morgan fingerprint density at radius 3 is 2.56 bits per heavy atom. The second-order valence-electron chi connectivity index (χ2n) is 4.65. The van der Waals surface area contributed by atoms with Crippen LogP contribution in [0.15, 0.2) is 24.3 Å². The Morgan fingerprint density at radius 2 is 1.88 bits per heavy atom. The number of nitrogens with zero attached hydrogens (tertiary/aromatic N) is 1.